The summed E-state index contributed by atoms with van der Waals surface area (Å²) in [5, 5.41) is 3.46. The highest BCUT2D eigenvalue weighted by molar-refractivity contribution is 5.46. The molecule has 110 valence electrons. The van der Waals surface area contributed by atoms with Gasteiger partial charge in [-0.15, -0.1) is 0 Å². The first-order chi connectivity index (χ1) is 10.3. The molecule has 0 aliphatic carbocycles. The molecule has 1 aromatic carbocycles. The van der Waals surface area contributed by atoms with Gasteiger partial charge in [-0.05, 0) is 50.6 Å². The Labute approximate surface area is 126 Å². The van der Waals surface area contributed by atoms with E-state index in [-0.39, 0.29) is 6.04 Å². The van der Waals surface area contributed by atoms with Crippen LogP contribution in [0.25, 0.3) is 0 Å². The van der Waals surface area contributed by atoms with Crippen molar-refractivity contribution in [1.29, 1.82) is 0 Å². The minimum atomic E-state index is 0.156. The molecule has 0 radical (unpaired) electrons. The molecule has 3 rings (SSSR count). The van der Waals surface area contributed by atoms with E-state index in [0.717, 1.165) is 17.9 Å². The quantitative estimate of drug-likeness (QED) is 0.914. The zero-order valence-corrected chi connectivity index (χ0v) is 12.5. The molecule has 21 heavy (non-hydrogen) atoms. The van der Waals surface area contributed by atoms with Crippen molar-refractivity contribution in [2.24, 2.45) is 0 Å². The van der Waals surface area contributed by atoms with Crippen LogP contribution in [0.15, 0.2) is 42.9 Å². The molecular formula is C17H22N4. The molecule has 1 atom stereocenters. The van der Waals surface area contributed by atoms with Crippen LogP contribution in [0.4, 0.5) is 5.69 Å². The van der Waals surface area contributed by atoms with Gasteiger partial charge in [0.25, 0.3) is 0 Å². The Morgan fingerprint density at radius 2 is 1.90 bits per heavy atom. The lowest BCUT2D eigenvalue weighted by Crippen LogP contribution is -2.18. The minimum Gasteiger partial charge on any atom is -0.377 e. The zero-order valence-electron chi connectivity index (χ0n) is 12.5. The lowest BCUT2D eigenvalue weighted by Gasteiger charge is -2.16. The third-order valence-corrected chi connectivity index (χ3v) is 3.97. The van der Waals surface area contributed by atoms with Crippen LogP contribution >= 0.6 is 0 Å². The van der Waals surface area contributed by atoms with E-state index in [2.05, 4.69) is 51.4 Å². The molecule has 1 aliphatic rings. The number of nitrogens with one attached hydrogen (secondary N) is 1. The van der Waals surface area contributed by atoms with Gasteiger partial charge in [-0.3, -0.25) is 14.9 Å². The van der Waals surface area contributed by atoms with E-state index in [0.29, 0.717) is 0 Å². The van der Waals surface area contributed by atoms with Crippen molar-refractivity contribution in [3.05, 3.63) is 54.1 Å². The van der Waals surface area contributed by atoms with E-state index in [9.17, 15) is 0 Å². The van der Waals surface area contributed by atoms with E-state index in [1.54, 1.807) is 18.6 Å². The van der Waals surface area contributed by atoms with E-state index in [1.165, 1.54) is 31.5 Å². The average molecular weight is 282 g/mol. The van der Waals surface area contributed by atoms with E-state index >= 15 is 0 Å². The first kappa shape index (κ1) is 14.0. The first-order valence-corrected chi connectivity index (χ1v) is 7.65. The SMILES string of the molecule is CC(Nc1ccc(CN2CCCC2)cc1)c1cnccn1. The highest BCUT2D eigenvalue weighted by Crippen LogP contribution is 2.19. The third-order valence-electron chi connectivity index (χ3n) is 3.97. The molecule has 1 N–H and O–H groups in total. The summed E-state index contributed by atoms with van der Waals surface area (Å²) in [7, 11) is 0. The Morgan fingerprint density at radius 1 is 1.14 bits per heavy atom. The minimum absolute atomic E-state index is 0.156. The maximum absolute atomic E-state index is 4.33. The highest BCUT2D eigenvalue weighted by atomic mass is 15.1. The number of likely N-dealkylation sites (tertiary alicyclic amines) is 1. The third kappa shape index (κ3) is 3.79. The average Bonchev–Trinajstić information content (AvgIpc) is 3.03. The number of benzene rings is 1. The monoisotopic (exact) mass is 282 g/mol. The van der Waals surface area contributed by atoms with Crippen LogP contribution in [-0.2, 0) is 6.54 Å². The molecule has 1 aliphatic heterocycles. The number of nitrogens with zero attached hydrogens (tertiary/aromatic N) is 3. The van der Waals surface area contributed by atoms with Gasteiger partial charge in [0, 0.05) is 24.6 Å². The number of hydrogen-bond acceptors (Lipinski definition) is 4. The predicted molar refractivity (Wildman–Crippen MR) is 85.0 cm³/mol. The van der Waals surface area contributed by atoms with Crippen molar-refractivity contribution in [3.63, 3.8) is 0 Å². The molecule has 1 fully saturated rings. The van der Waals surface area contributed by atoms with Crippen LogP contribution in [0, 0.1) is 0 Å². The predicted octanol–water partition coefficient (Wildman–Crippen LogP) is 3.25. The second kappa shape index (κ2) is 6.68. The molecule has 0 amide bonds. The van der Waals surface area contributed by atoms with Crippen LogP contribution < -0.4 is 5.32 Å². The molecule has 0 saturated carbocycles. The van der Waals surface area contributed by atoms with Gasteiger partial charge in [-0.2, -0.15) is 0 Å². The summed E-state index contributed by atoms with van der Waals surface area (Å²) in [6.45, 7) is 5.65. The van der Waals surface area contributed by atoms with Crippen LogP contribution in [-0.4, -0.2) is 28.0 Å². The van der Waals surface area contributed by atoms with Gasteiger partial charge in [0.05, 0.1) is 17.9 Å². The summed E-state index contributed by atoms with van der Waals surface area (Å²) in [6, 6.07) is 8.88. The number of hydrogen-bond donors (Lipinski definition) is 1. The van der Waals surface area contributed by atoms with Gasteiger partial charge in [0.15, 0.2) is 0 Å². The molecule has 1 aromatic heterocycles. The topological polar surface area (TPSA) is 41.0 Å². The van der Waals surface area contributed by atoms with Crippen molar-refractivity contribution in [2.45, 2.75) is 32.4 Å². The van der Waals surface area contributed by atoms with E-state index in [4.69, 9.17) is 0 Å². The van der Waals surface area contributed by atoms with Crippen LogP contribution in [0.1, 0.15) is 37.1 Å². The number of aromatic nitrogens is 2. The summed E-state index contributed by atoms with van der Waals surface area (Å²) in [5.74, 6) is 0. The van der Waals surface area contributed by atoms with Crippen molar-refractivity contribution < 1.29 is 0 Å². The van der Waals surface area contributed by atoms with Crippen LogP contribution in [0.5, 0.6) is 0 Å². The Balaban J connectivity index is 1.59. The molecule has 2 aromatic rings. The molecule has 1 saturated heterocycles. The standard InChI is InChI=1S/C17H22N4/c1-14(17-12-18-8-9-19-17)20-16-6-4-15(5-7-16)13-21-10-2-3-11-21/h4-9,12,14,20H,2-3,10-11,13H2,1H3. The number of anilines is 1. The van der Waals surface area contributed by atoms with Gasteiger partial charge in [0.2, 0.25) is 0 Å². The van der Waals surface area contributed by atoms with Gasteiger partial charge in [-0.25, -0.2) is 0 Å². The normalized spacial score (nSPS) is 16.8. The Kier molecular flexibility index (Phi) is 4.46. The fourth-order valence-electron chi connectivity index (χ4n) is 2.76. The largest absolute Gasteiger partial charge is 0.377 e. The second-order valence-corrected chi connectivity index (χ2v) is 5.68. The lowest BCUT2D eigenvalue weighted by atomic mass is 10.1. The summed E-state index contributed by atoms with van der Waals surface area (Å²) >= 11 is 0. The molecule has 4 heteroatoms. The first-order valence-electron chi connectivity index (χ1n) is 7.65. The lowest BCUT2D eigenvalue weighted by molar-refractivity contribution is 0.331. The fourth-order valence-corrected chi connectivity index (χ4v) is 2.76. The van der Waals surface area contributed by atoms with Gasteiger partial charge in [-0.1, -0.05) is 12.1 Å². The van der Waals surface area contributed by atoms with Gasteiger partial charge >= 0.3 is 0 Å². The zero-order chi connectivity index (χ0) is 14.5. The fraction of sp³-hybridized carbons (Fsp3) is 0.412. The maximum Gasteiger partial charge on any atom is 0.0806 e. The Morgan fingerprint density at radius 3 is 2.57 bits per heavy atom. The van der Waals surface area contributed by atoms with Crippen LogP contribution in [0.2, 0.25) is 0 Å². The second-order valence-electron chi connectivity index (χ2n) is 5.68. The van der Waals surface area contributed by atoms with Crippen LogP contribution in [0.3, 0.4) is 0 Å². The summed E-state index contributed by atoms with van der Waals surface area (Å²) in [4.78, 5) is 11.0. The molecule has 2 heterocycles. The van der Waals surface area contributed by atoms with E-state index in [1.807, 2.05) is 0 Å². The van der Waals surface area contributed by atoms with Crippen molar-refractivity contribution in [3.8, 4) is 0 Å². The van der Waals surface area contributed by atoms with Crippen molar-refractivity contribution in [2.75, 3.05) is 18.4 Å². The maximum atomic E-state index is 4.33. The van der Waals surface area contributed by atoms with Gasteiger partial charge < -0.3 is 5.32 Å². The summed E-state index contributed by atoms with van der Waals surface area (Å²) in [6.07, 6.45) is 7.92. The summed E-state index contributed by atoms with van der Waals surface area (Å²) in [5.41, 5.74) is 3.46. The molecular weight excluding hydrogens is 260 g/mol. The molecule has 0 bridgehead atoms. The number of rotatable bonds is 5. The smallest absolute Gasteiger partial charge is 0.0806 e. The Bertz CT molecular complexity index is 547. The molecule has 4 nitrogen and oxygen atoms in total. The molecule has 1 unspecified atom stereocenters. The Hall–Kier alpha value is -1.94. The van der Waals surface area contributed by atoms with Crippen molar-refractivity contribution in [1.82, 2.24) is 14.9 Å². The highest BCUT2D eigenvalue weighted by Gasteiger charge is 2.11. The molecule has 0 spiro atoms. The van der Waals surface area contributed by atoms with Crippen molar-refractivity contribution >= 4 is 5.69 Å². The van der Waals surface area contributed by atoms with E-state index < -0.39 is 0 Å². The van der Waals surface area contributed by atoms with Gasteiger partial charge in [0.1, 0.15) is 0 Å². The summed E-state index contributed by atoms with van der Waals surface area (Å²) < 4.78 is 0.